The van der Waals surface area contributed by atoms with Gasteiger partial charge in [-0.1, -0.05) is 12.1 Å². The summed E-state index contributed by atoms with van der Waals surface area (Å²) >= 11 is 0. The van der Waals surface area contributed by atoms with Crippen LogP contribution in [0.5, 0.6) is 0 Å². The van der Waals surface area contributed by atoms with Crippen molar-refractivity contribution >= 4 is 28.0 Å². The minimum absolute atomic E-state index is 0.106. The lowest BCUT2D eigenvalue weighted by Crippen LogP contribution is -2.44. The van der Waals surface area contributed by atoms with Gasteiger partial charge in [0.15, 0.2) is 0 Å². The van der Waals surface area contributed by atoms with Crippen LogP contribution in [0.1, 0.15) is 6.92 Å². The van der Waals surface area contributed by atoms with Crippen LogP contribution >= 0.6 is 0 Å². The van der Waals surface area contributed by atoms with Crippen LogP contribution < -0.4 is 15.6 Å². The molecule has 4 heterocycles. The predicted molar refractivity (Wildman–Crippen MR) is 110 cm³/mol. The summed E-state index contributed by atoms with van der Waals surface area (Å²) in [7, 11) is 0. The fourth-order valence-corrected chi connectivity index (χ4v) is 3.67. The maximum atomic E-state index is 13.2. The number of rotatable bonds is 3. The maximum Gasteiger partial charge on any atom is 0.227 e. The molecule has 3 aromatic heterocycles. The zero-order valence-corrected chi connectivity index (χ0v) is 15.6. The van der Waals surface area contributed by atoms with Gasteiger partial charge >= 0.3 is 0 Å². The van der Waals surface area contributed by atoms with Crippen molar-refractivity contribution in [2.75, 3.05) is 31.1 Å². The number of benzene rings is 1. The Labute approximate surface area is 161 Å². The van der Waals surface area contributed by atoms with Crippen LogP contribution in [0.3, 0.4) is 0 Å². The van der Waals surface area contributed by atoms with E-state index >= 15 is 0 Å². The average molecular weight is 375 g/mol. The molecular formula is C20H21N7O. The number of anilines is 1. The van der Waals surface area contributed by atoms with Crippen molar-refractivity contribution in [1.29, 1.82) is 0 Å². The molecule has 1 saturated heterocycles. The highest BCUT2D eigenvalue weighted by Crippen LogP contribution is 2.21. The molecule has 0 radical (unpaired) electrons. The van der Waals surface area contributed by atoms with Crippen molar-refractivity contribution in [3.63, 3.8) is 0 Å². The number of nitrogens with one attached hydrogen (secondary N) is 2. The number of para-hydroxylation sites is 2. The van der Waals surface area contributed by atoms with Gasteiger partial charge in [-0.05, 0) is 19.1 Å². The summed E-state index contributed by atoms with van der Waals surface area (Å²) in [5.74, 6) is 1.24. The molecule has 4 aromatic rings. The van der Waals surface area contributed by atoms with Gasteiger partial charge in [0.05, 0.1) is 22.0 Å². The Morgan fingerprint density at radius 1 is 1.14 bits per heavy atom. The first-order chi connectivity index (χ1) is 13.7. The summed E-state index contributed by atoms with van der Waals surface area (Å²) in [6.45, 7) is 6.28. The second-order valence-electron chi connectivity index (χ2n) is 6.90. The highest BCUT2D eigenvalue weighted by Gasteiger charge is 2.18. The average Bonchev–Trinajstić information content (AvgIpc) is 3.18. The Morgan fingerprint density at radius 2 is 1.96 bits per heavy atom. The highest BCUT2D eigenvalue weighted by molar-refractivity contribution is 5.83. The molecule has 0 unspecified atom stereocenters. The molecule has 1 fully saturated rings. The fourth-order valence-electron chi connectivity index (χ4n) is 3.67. The van der Waals surface area contributed by atoms with Gasteiger partial charge in [0, 0.05) is 45.1 Å². The van der Waals surface area contributed by atoms with Crippen LogP contribution in [-0.4, -0.2) is 50.7 Å². The molecule has 0 saturated carbocycles. The molecule has 1 aromatic carbocycles. The Bertz CT molecular complexity index is 1190. The third kappa shape index (κ3) is 2.73. The number of hydrogen-bond acceptors (Lipinski definition) is 6. The summed E-state index contributed by atoms with van der Waals surface area (Å²) in [4.78, 5) is 32.4. The smallest absolute Gasteiger partial charge is 0.227 e. The molecule has 0 amide bonds. The van der Waals surface area contributed by atoms with E-state index in [9.17, 15) is 4.79 Å². The summed E-state index contributed by atoms with van der Waals surface area (Å²) in [6, 6.07) is 7.76. The molecule has 1 aliphatic rings. The lowest BCUT2D eigenvalue weighted by atomic mass is 10.2. The summed E-state index contributed by atoms with van der Waals surface area (Å²) in [6.07, 6.45) is 3.50. The van der Waals surface area contributed by atoms with E-state index in [4.69, 9.17) is 4.98 Å². The minimum atomic E-state index is -0.106. The third-order valence-corrected chi connectivity index (χ3v) is 5.19. The molecule has 1 aliphatic heterocycles. The maximum absolute atomic E-state index is 13.2. The Kier molecular flexibility index (Phi) is 4.05. The Hall–Kier alpha value is -3.26. The van der Waals surface area contributed by atoms with E-state index in [0.29, 0.717) is 34.9 Å². The van der Waals surface area contributed by atoms with Gasteiger partial charge in [-0.15, -0.1) is 0 Å². The van der Waals surface area contributed by atoms with Gasteiger partial charge in [0.1, 0.15) is 11.5 Å². The molecule has 8 nitrogen and oxygen atoms in total. The van der Waals surface area contributed by atoms with E-state index in [0.717, 1.165) is 37.2 Å². The van der Waals surface area contributed by atoms with E-state index in [-0.39, 0.29) is 5.43 Å². The summed E-state index contributed by atoms with van der Waals surface area (Å²) in [5.41, 5.74) is 2.83. The number of nitrogens with zero attached hydrogens (tertiary/aromatic N) is 5. The lowest BCUT2D eigenvalue weighted by molar-refractivity contribution is 0.580. The second-order valence-corrected chi connectivity index (χ2v) is 6.90. The molecule has 0 aliphatic carbocycles. The molecular weight excluding hydrogens is 354 g/mol. The molecule has 28 heavy (non-hydrogen) atoms. The normalized spacial score (nSPS) is 14.8. The van der Waals surface area contributed by atoms with Crippen LogP contribution in [0.4, 0.5) is 5.95 Å². The topological polar surface area (TPSA) is 91.7 Å². The quantitative estimate of drug-likeness (QED) is 0.567. The van der Waals surface area contributed by atoms with Crippen LogP contribution in [-0.2, 0) is 6.54 Å². The zero-order chi connectivity index (χ0) is 19.1. The van der Waals surface area contributed by atoms with Gasteiger partial charge in [-0.3, -0.25) is 4.79 Å². The van der Waals surface area contributed by atoms with Gasteiger partial charge in [0.25, 0.3) is 0 Å². The first-order valence-electron chi connectivity index (χ1n) is 9.55. The monoisotopic (exact) mass is 375 g/mol. The SMILES string of the molecule is CCn1cc(-c2nc3ccccc3[nH]2)c(=O)c2cnc(N3CCNCC3)nc21. The molecule has 0 bridgehead atoms. The van der Waals surface area contributed by atoms with E-state index in [1.54, 1.807) is 6.20 Å². The number of aromatic nitrogens is 5. The number of piperazine rings is 1. The van der Waals surface area contributed by atoms with E-state index in [2.05, 4.69) is 25.2 Å². The van der Waals surface area contributed by atoms with E-state index in [1.807, 2.05) is 42.0 Å². The molecule has 142 valence electrons. The molecule has 0 atom stereocenters. The van der Waals surface area contributed by atoms with E-state index in [1.165, 1.54) is 0 Å². The molecule has 8 heteroatoms. The van der Waals surface area contributed by atoms with Gasteiger partial charge in [-0.25, -0.2) is 9.97 Å². The number of pyridine rings is 1. The minimum Gasteiger partial charge on any atom is -0.338 e. The molecule has 0 spiro atoms. The molecule has 2 N–H and O–H groups in total. The Morgan fingerprint density at radius 3 is 2.75 bits per heavy atom. The van der Waals surface area contributed by atoms with Crippen LogP contribution in [0.15, 0.2) is 41.5 Å². The lowest BCUT2D eigenvalue weighted by Gasteiger charge is -2.27. The van der Waals surface area contributed by atoms with E-state index < -0.39 is 0 Å². The van der Waals surface area contributed by atoms with Crippen molar-refractivity contribution < 1.29 is 0 Å². The van der Waals surface area contributed by atoms with Gasteiger partial charge in [-0.2, -0.15) is 4.98 Å². The summed E-state index contributed by atoms with van der Waals surface area (Å²) < 4.78 is 1.99. The summed E-state index contributed by atoms with van der Waals surface area (Å²) in [5, 5.41) is 3.84. The van der Waals surface area contributed by atoms with Crippen molar-refractivity contribution in [3.8, 4) is 11.4 Å². The zero-order valence-electron chi connectivity index (χ0n) is 15.6. The first-order valence-corrected chi connectivity index (χ1v) is 9.55. The van der Waals surface area contributed by atoms with Gasteiger partial charge in [0.2, 0.25) is 11.4 Å². The van der Waals surface area contributed by atoms with Crippen LogP contribution in [0.25, 0.3) is 33.5 Å². The number of imidazole rings is 1. The predicted octanol–water partition coefficient (Wildman–Crippen LogP) is 1.76. The second kappa shape index (κ2) is 6.72. The first kappa shape index (κ1) is 16.9. The standard InChI is InChI=1S/C20H21N7O/c1-2-26-12-14(18-23-15-5-3-4-6-16(15)24-18)17(28)13-11-22-20(25-19(13)26)27-9-7-21-8-10-27/h3-6,11-12,21H,2,7-10H2,1H3,(H,23,24). The number of H-pyrrole nitrogens is 1. The number of fused-ring (bicyclic) bond motifs is 2. The fraction of sp³-hybridized carbons (Fsp3) is 0.300. The Balaban J connectivity index is 1.67. The van der Waals surface area contributed by atoms with Crippen molar-refractivity contribution in [1.82, 2.24) is 29.8 Å². The largest absolute Gasteiger partial charge is 0.338 e. The number of hydrogen-bond donors (Lipinski definition) is 2. The van der Waals surface area contributed by atoms with Crippen molar-refractivity contribution in [2.45, 2.75) is 13.5 Å². The number of aryl methyl sites for hydroxylation is 1. The van der Waals surface area contributed by atoms with Crippen LogP contribution in [0.2, 0.25) is 0 Å². The van der Waals surface area contributed by atoms with Crippen molar-refractivity contribution in [3.05, 3.63) is 46.9 Å². The van der Waals surface area contributed by atoms with Gasteiger partial charge < -0.3 is 19.8 Å². The molecule has 5 rings (SSSR count). The van der Waals surface area contributed by atoms with Crippen LogP contribution in [0, 0.1) is 0 Å². The number of aromatic amines is 1. The third-order valence-electron chi connectivity index (χ3n) is 5.19. The highest BCUT2D eigenvalue weighted by atomic mass is 16.1. The van der Waals surface area contributed by atoms with Crippen molar-refractivity contribution in [2.24, 2.45) is 0 Å².